The third-order valence-corrected chi connectivity index (χ3v) is 3.32. The molecule has 1 N–H and O–H groups in total. The van der Waals surface area contributed by atoms with E-state index in [1.54, 1.807) is 18.2 Å². The van der Waals surface area contributed by atoms with Crippen molar-refractivity contribution in [3.8, 4) is 29.0 Å². The lowest BCUT2D eigenvalue weighted by Gasteiger charge is -1.98. The van der Waals surface area contributed by atoms with Crippen LogP contribution in [0.3, 0.4) is 0 Å². The van der Waals surface area contributed by atoms with E-state index in [9.17, 15) is 4.39 Å². The maximum Gasteiger partial charge on any atom is 0.274 e. The molecule has 0 fully saturated rings. The van der Waals surface area contributed by atoms with E-state index in [-0.39, 0.29) is 17.5 Å². The minimum atomic E-state index is -0.388. The van der Waals surface area contributed by atoms with Gasteiger partial charge < -0.3 is 9.51 Å². The number of aromatic amines is 1. The zero-order valence-electron chi connectivity index (χ0n) is 9.89. The highest BCUT2D eigenvalue weighted by Gasteiger charge is 2.14. The third kappa shape index (κ3) is 2.21. The summed E-state index contributed by atoms with van der Waals surface area (Å²) in [5.41, 5.74) is 1.42. The Morgan fingerprint density at radius 2 is 2.15 bits per heavy atom. The summed E-state index contributed by atoms with van der Waals surface area (Å²) in [4.78, 5) is 7.01. The maximum absolute atomic E-state index is 13.3. The Morgan fingerprint density at radius 3 is 2.90 bits per heavy atom. The van der Waals surface area contributed by atoms with Gasteiger partial charge in [0.05, 0.1) is 0 Å². The number of nitriles is 1. The van der Waals surface area contributed by atoms with E-state index < -0.39 is 0 Å². The summed E-state index contributed by atoms with van der Waals surface area (Å²) in [7, 11) is 0. The quantitative estimate of drug-likeness (QED) is 0.778. The molecule has 0 atom stereocenters. The number of benzene rings is 1. The number of rotatable bonds is 2. The molecule has 0 radical (unpaired) electrons. The van der Waals surface area contributed by atoms with Crippen molar-refractivity contribution in [3.63, 3.8) is 0 Å². The lowest BCUT2D eigenvalue weighted by molar-refractivity contribution is 0.431. The second-order valence-corrected chi connectivity index (χ2v) is 4.80. The molecule has 0 saturated carbocycles. The van der Waals surface area contributed by atoms with E-state index in [0.29, 0.717) is 21.4 Å². The van der Waals surface area contributed by atoms with E-state index >= 15 is 0 Å². The largest absolute Gasteiger partial charge is 0.342 e. The Bertz CT molecular complexity index is 818. The molecule has 3 rings (SSSR count). The van der Waals surface area contributed by atoms with Crippen molar-refractivity contribution in [1.29, 1.82) is 5.26 Å². The fourth-order valence-corrected chi connectivity index (χ4v) is 2.12. The molecule has 0 aliphatic heterocycles. The summed E-state index contributed by atoms with van der Waals surface area (Å²) >= 11 is 3.31. The van der Waals surface area contributed by atoms with Crippen molar-refractivity contribution < 1.29 is 8.91 Å². The molecule has 5 nitrogen and oxygen atoms in total. The van der Waals surface area contributed by atoms with Gasteiger partial charge in [-0.05, 0) is 30.3 Å². The molecule has 3 aromatic rings. The zero-order chi connectivity index (χ0) is 14.1. The van der Waals surface area contributed by atoms with Gasteiger partial charge in [-0.3, -0.25) is 0 Å². The van der Waals surface area contributed by atoms with Crippen LogP contribution in [-0.2, 0) is 0 Å². The summed E-state index contributed by atoms with van der Waals surface area (Å²) in [6.07, 6.45) is 0. The standard InChI is InChI=1S/C13H6BrFN4O/c14-10-3-1-7(15)5-9(10)12-18-13(20-19-12)11-4-2-8(6-16)17-11/h1-5,17H. The van der Waals surface area contributed by atoms with Crippen LogP contribution in [0.25, 0.3) is 23.0 Å². The molecular formula is C13H6BrFN4O. The van der Waals surface area contributed by atoms with Crippen molar-refractivity contribution in [2.45, 2.75) is 0 Å². The van der Waals surface area contributed by atoms with Crippen LogP contribution < -0.4 is 0 Å². The lowest BCUT2D eigenvalue weighted by Crippen LogP contribution is -1.85. The van der Waals surface area contributed by atoms with Crippen LogP contribution >= 0.6 is 15.9 Å². The van der Waals surface area contributed by atoms with Crippen LogP contribution in [0.2, 0.25) is 0 Å². The number of hydrogen-bond donors (Lipinski definition) is 1. The molecule has 0 aliphatic rings. The minimum Gasteiger partial charge on any atom is -0.342 e. The first-order valence-corrected chi connectivity index (χ1v) is 6.35. The number of aromatic nitrogens is 3. The molecule has 0 saturated heterocycles. The fraction of sp³-hybridized carbons (Fsp3) is 0. The Labute approximate surface area is 121 Å². The monoisotopic (exact) mass is 332 g/mol. The summed E-state index contributed by atoms with van der Waals surface area (Å²) in [6, 6.07) is 9.46. The topological polar surface area (TPSA) is 78.5 Å². The van der Waals surface area contributed by atoms with Crippen LogP contribution in [0, 0.1) is 17.1 Å². The number of H-pyrrole nitrogens is 1. The molecule has 0 aliphatic carbocycles. The molecule has 2 aromatic heterocycles. The fourth-order valence-electron chi connectivity index (χ4n) is 1.70. The zero-order valence-corrected chi connectivity index (χ0v) is 11.5. The molecule has 0 unspecified atom stereocenters. The number of nitrogens with one attached hydrogen (secondary N) is 1. The Balaban J connectivity index is 2.02. The van der Waals surface area contributed by atoms with Crippen LogP contribution in [0.5, 0.6) is 0 Å². The van der Waals surface area contributed by atoms with Crippen molar-refractivity contribution in [1.82, 2.24) is 15.1 Å². The van der Waals surface area contributed by atoms with Gasteiger partial charge in [0.25, 0.3) is 5.89 Å². The first-order valence-electron chi connectivity index (χ1n) is 5.56. The molecular weight excluding hydrogens is 327 g/mol. The first-order chi connectivity index (χ1) is 9.67. The summed E-state index contributed by atoms with van der Waals surface area (Å²) in [6.45, 7) is 0. The Morgan fingerprint density at radius 1 is 1.30 bits per heavy atom. The van der Waals surface area contributed by atoms with E-state index in [1.807, 2.05) is 6.07 Å². The SMILES string of the molecule is N#Cc1ccc(-c2nc(-c3cc(F)ccc3Br)no2)[nH]1. The van der Waals surface area contributed by atoms with Crippen molar-refractivity contribution >= 4 is 15.9 Å². The minimum absolute atomic E-state index is 0.234. The predicted octanol–water partition coefficient (Wildman–Crippen LogP) is 3.50. The van der Waals surface area contributed by atoms with Crippen molar-refractivity contribution in [2.75, 3.05) is 0 Å². The van der Waals surface area contributed by atoms with Gasteiger partial charge in [-0.15, -0.1) is 0 Å². The predicted molar refractivity (Wildman–Crippen MR) is 71.9 cm³/mol. The average Bonchev–Trinajstić information content (AvgIpc) is 3.09. The highest BCUT2D eigenvalue weighted by atomic mass is 79.9. The van der Waals surface area contributed by atoms with Gasteiger partial charge in [-0.25, -0.2) is 4.39 Å². The summed E-state index contributed by atoms with van der Waals surface area (Å²) in [5, 5.41) is 12.6. The second-order valence-electron chi connectivity index (χ2n) is 3.94. The second kappa shape index (κ2) is 4.90. The van der Waals surface area contributed by atoms with Gasteiger partial charge in [-0.1, -0.05) is 21.1 Å². The Hall–Kier alpha value is -2.46. The highest BCUT2D eigenvalue weighted by molar-refractivity contribution is 9.10. The molecule has 0 spiro atoms. The summed E-state index contributed by atoms with van der Waals surface area (Å²) < 4.78 is 19.0. The van der Waals surface area contributed by atoms with E-state index in [4.69, 9.17) is 9.78 Å². The van der Waals surface area contributed by atoms with E-state index in [2.05, 4.69) is 31.1 Å². The number of hydrogen-bond acceptors (Lipinski definition) is 4. The molecule has 0 bridgehead atoms. The van der Waals surface area contributed by atoms with Crippen LogP contribution in [0.1, 0.15) is 5.69 Å². The van der Waals surface area contributed by atoms with Gasteiger partial charge in [0, 0.05) is 10.0 Å². The molecule has 2 heterocycles. The Kier molecular flexibility index (Phi) is 3.08. The van der Waals surface area contributed by atoms with Crippen LogP contribution in [-0.4, -0.2) is 15.1 Å². The molecule has 7 heteroatoms. The lowest BCUT2D eigenvalue weighted by atomic mass is 10.2. The van der Waals surface area contributed by atoms with Gasteiger partial charge >= 0.3 is 0 Å². The number of halogens is 2. The molecule has 1 aromatic carbocycles. The van der Waals surface area contributed by atoms with Crippen LogP contribution in [0.15, 0.2) is 39.3 Å². The molecule has 20 heavy (non-hydrogen) atoms. The van der Waals surface area contributed by atoms with Crippen molar-refractivity contribution in [3.05, 3.63) is 46.3 Å². The van der Waals surface area contributed by atoms with Gasteiger partial charge in [0.2, 0.25) is 5.82 Å². The maximum atomic E-state index is 13.3. The van der Waals surface area contributed by atoms with Crippen LogP contribution in [0.4, 0.5) is 4.39 Å². The number of nitrogens with zero attached hydrogens (tertiary/aromatic N) is 3. The third-order valence-electron chi connectivity index (χ3n) is 2.63. The molecule has 0 amide bonds. The smallest absolute Gasteiger partial charge is 0.274 e. The van der Waals surface area contributed by atoms with Gasteiger partial charge in [0.15, 0.2) is 0 Å². The van der Waals surface area contributed by atoms with E-state index in [0.717, 1.165) is 0 Å². The van der Waals surface area contributed by atoms with Gasteiger partial charge in [0.1, 0.15) is 23.3 Å². The van der Waals surface area contributed by atoms with Gasteiger partial charge in [-0.2, -0.15) is 10.2 Å². The van der Waals surface area contributed by atoms with Crippen molar-refractivity contribution in [2.24, 2.45) is 0 Å². The highest BCUT2D eigenvalue weighted by Crippen LogP contribution is 2.28. The normalized spacial score (nSPS) is 10.4. The molecule has 98 valence electrons. The first kappa shape index (κ1) is 12.6. The van der Waals surface area contributed by atoms with E-state index in [1.165, 1.54) is 12.1 Å². The summed E-state index contributed by atoms with van der Waals surface area (Å²) in [5.74, 6) is 0.110. The average molecular weight is 333 g/mol.